The van der Waals surface area contributed by atoms with Gasteiger partial charge in [-0.3, -0.25) is 9.59 Å². The third-order valence-corrected chi connectivity index (χ3v) is 4.88. The Morgan fingerprint density at radius 2 is 1.91 bits per heavy atom. The van der Waals surface area contributed by atoms with E-state index >= 15 is 0 Å². The van der Waals surface area contributed by atoms with Gasteiger partial charge in [-0.2, -0.15) is 13.2 Å². The minimum atomic E-state index is -4.46. The summed E-state index contributed by atoms with van der Waals surface area (Å²) in [5.74, 6) is -1.01. The zero-order valence-electron chi connectivity index (χ0n) is 12.5. The van der Waals surface area contributed by atoms with Crippen LogP contribution in [0.3, 0.4) is 0 Å². The van der Waals surface area contributed by atoms with Crippen LogP contribution < -0.4 is 10.6 Å². The molecule has 0 aliphatic heterocycles. The van der Waals surface area contributed by atoms with Gasteiger partial charge in [0.25, 0.3) is 5.91 Å². The normalized spacial score (nSPS) is 17.5. The van der Waals surface area contributed by atoms with E-state index in [4.69, 9.17) is 0 Å². The molecule has 1 aromatic rings. The van der Waals surface area contributed by atoms with Crippen LogP contribution in [0.4, 0.5) is 13.2 Å². The van der Waals surface area contributed by atoms with Crippen LogP contribution in [0.1, 0.15) is 48.2 Å². The second-order valence-electron chi connectivity index (χ2n) is 5.67. The summed E-state index contributed by atoms with van der Waals surface area (Å²) in [6, 6.07) is 3.36. The predicted octanol–water partition coefficient (Wildman–Crippen LogP) is 3.25. The highest BCUT2D eigenvalue weighted by Gasteiger charge is 2.55. The van der Waals surface area contributed by atoms with E-state index in [1.165, 1.54) is 11.3 Å². The van der Waals surface area contributed by atoms with Gasteiger partial charge in [0.2, 0.25) is 5.91 Å². The SMILES string of the molecule is O=C(CCNC(=O)c1cccs1)NC1(C(F)(F)F)CCCCC1. The highest BCUT2D eigenvalue weighted by molar-refractivity contribution is 7.12. The number of thiophene rings is 1. The molecule has 0 spiro atoms. The summed E-state index contributed by atoms with van der Waals surface area (Å²) in [4.78, 5) is 24.1. The fraction of sp³-hybridized carbons (Fsp3) is 0.600. The molecule has 0 saturated heterocycles. The standard InChI is InChI=1S/C15H19F3N2O2S/c16-15(17,18)14(7-2-1-3-8-14)20-12(21)6-9-19-13(22)11-5-4-10-23-11/h4-5,10H,1-3,6-9H2,(H,19,22)(H,20,21). The average molecular weight is 348 g/mol. The molecule has 0 bridgehead atoms. The van der Waals surface area contributed by atoms with Gasteiger partial charge in [-0.25, -0.2) is 0 Å². The highest BCUT2D eigenvalue weighted by Crippen LogP contribution is 2.41. The molecule has 0 radical (unpaired) electrons. The molecule has 2 N–H and O–H groups in total. The number of carbonyl (C=O) groups excluding carboxylic acids is 2. The summed E-state index contributed by atoms with van der Waals surface area (Å²) in [7, 11) is 0. The van der Waals surface area contributed by atoms with Gasteiger partial charge in [0, 0.05) is 13.0 Å². The Kier molecular flexibility index (Phi) is 5.67. The lowest BCUT2D eigenvalue weighted by Gasteiger charge is -2.39. The van der Waals surface area contributed by atoms with Crippen molar-refractivity contribution in [1.29, 1.82) is 0 Å². The van der Waals surface area contributed by atoms with Crippen molar-refractivity contribution in [2.45, 2.75) is 50.2 Å². The summed E-state index contributed by atoms with van der Waals surface area (Å²) in [6.45, 7) is 0.0104. The molecule has 128 valence electrons. The second kappa shape index (κ2) is 7.33. The van der Waals surface area contributed by atoms with Crippen LogP contribution in [0, 0.1) is 0 Å². The fourth-order valence-electron chi connectivity index (χ4n) is 2.75. The summed E-state index contributed by atoms with van der Waals surface area (Å²) in [5, 5.41) is 6.45. The van der Waals surface area contributed by atoms with Crippen LogP contribution in [0.5, 0.6) is 0 Å². The number of carbonyl (C=O) groups is 2. The maximum absolute atomic E-state index is 13.3. The Bertz CT molecular complexity index is 537. The third kappa shape index (κ3) is 4.46. The summed E-state index contributed by atoms with van der Waals surface area (Å²) in [6.07, 6.45) is -3.12. The van der Waals surface area contributed by atoms with Crippen molar-refractivity contribution < 1.29 is 22.8 Å². The Labute approximate surface area is 136 Å². The van der Waals surface area contributed by atoms with Crippen LogP contribution in [-0.2, 0) is 4.79 Å². The van der Waals surface area contributed by atoms with Gasteiger partial charge in [-0.1, -0.05) is 25.3 Å². The summed E-state index contributed by atoms with van der Waals surface area (Å²) < 4.78 is 39.9. The maximum atomic E-state index is 13.3. The molecule has 1 aliphatic carbocycles. The number of halogens is 3. The van der Waals surface area contributed by atoms with Crippen LogP contribution in [0.15, 0.2) is 17.5 Å². The predicted molar refractivity (Wildman–Crippen MR) is 81.3 cm³/mol. The van der Waals surface area contributed by atoms with Crippen molar-refractivity contribution in [3.63, 3.8) is 0 Å². The van der Waals surface area contributed by atoms with Crippen molar-refractivity contribution in [3.05, 3.63) is 22.4 Å². The van der Waals surface area contributed by atoms with Gasteiger partial charge in [-0.05, 0) is 24.3 Å². The van der Waals surface area contributed by atoms with E-state index in [0.29, 0.717) is 17.7 Å². The van der Waals surface area contributed by atoms with Crippen LogP contribution in [0.2, 0.25) is 0 Å². The molecule has 1 saturated carbocycles. The molecular weight excluding hydrogens is 329 g/mol. The first-order chi connectivity index (χ1) is 10.8. The lowest BCUT2D eigenvalue weighted by molar-refractivity contribution is -0.206. The number of amides is 2. The Hall–Kier alpha value is -1.57. The minimum absolute atomic E-state index is 0.0104. The maximum Gasteiger partial charge on any atom is 0.411 e. The summed E-state index contributed by atoms with van der Waals surface area (Å²) in [5.41, 5.74) is -2.11. The molecule has 2 amide bonds. The molecule has 1 fully saturated rings. The molecule has 0 atom stereocenters. The Morgan fingerprint density at radius 3 is 2.48 bits per heavy atom. The monoisotopic (exact) mass is 348 g/mol. The van der Waals surface area contributed by atoms with Gasteiger partial charge < -0.3 is 10.6 Å². The molecule has 0 unspecified atom stereocenters. The molecule has 1 aliphatic rings. The third-order valence-electron chi connectivity index (χ3n) is 4.01. The zero-order valence-corrected chi connectivity index (χ0v) is 13.4. The van der Waals surface area contributed by atoms with Gasteiger partial charge in [0.1, 0.15) is 5.54 Å². The molecule has 1 aromatic heterocycles. The molecule has 4 nitrogen and oxygen atoms in total. The van der Waals surface area contributed by atoms with E-state index in [9.17, 15) is 22.8 Å². The molecule has 1 heterocycles. The zero-order chi connectivity index (χ0) is 16.9. The van der Waals surface area contributed by atoms with E-state index < -0.39 is 17.6 Å². The molecule has 23 heavy (non-hydrogen) atoms. The van der Waals surface area contributed by atoms with Crippen molar-refractivity contribution in [2.75, 3.05) is 6.54 Å². The van der Waals surface area contributed by atoms with Crippen molar-refractivity contribution in [2.24, 2.45) is 0 Å². The average Bonchev–Trinajstić information content (AvgIpc) is 3.01. The quantitative estimate of drug-likeness (QED) is 0.858. The van der Waals surface area contributed by atoms with Gasteiger partial charge in [0.05, 0.1) is 4.88 Å². The Morgan fingerprint density at radius 1 is 1.22 bits per heavy atom. The van der Waals surface area contributed by atoms with E-state index in [1.54, 1.807) is 17.5 Å². The van der Waals surface area contributed by atoms with E-state index in [2.05, 4.69) is 10.6 Å². The largest absolute Gasteiger partial charge is 0.411 e. The van der Waals surface area contributed by atoms with Crippen molar-refractivity contribution in [3.8, 4) is 0 Å². The Balaban J connectivity index is 1.84. The number of alkyl halides is 3. The van der Waals surface area contributed by atoms with Gasteiger partial charge in [-0.15, -0.1) is 11.3 Å². The first-order valence-corrected chi connectivity index (χ1v) is 8.41. The lowest BCUT2D eigenvalue weighted by Crippen LogP contribution is -2.59. The first kappa shape index (κ1) is 17.8. The van der Waals surface area contributed by atoms with E-state index in [-0.39, 0.29) is 31.7 Å². The molecule has 0 aromatic carbocycles. The van der Waals surface area contributed by atoms with Crippen LogP contribution in [0.25, 0.3) is 0 Å². The summed E-state index contributed by atoms with van der Waals surface area (Å²) >= 11 is 1.26. The first-order valence-electron chi connectivity index (χ1n) is 7.53. The van der Waals surface area contributed by atoms with Gasteiger partial charge >= 0.3 is 6.18 Å². The molecule has 2 rings (SSSR count). The smallest absolute Gasteiger partial charge is 0.351 e. The minimum Gasteiger partial charge on any atom is -0.351 e. The second-order valence-corrected chi connectivity index (χ2v) is 6.62. The van der Waals surface area contributed by atoms with E-state index in [1.807, 2.05) is 0 Å². The van der Waals surface area contributed by atoms with Gasteiger partial charge in [0.15, 0.2) is 0 Å². The van der Waals surface area contributed by atoms with Crippen LogP contribution in [-0.4, -0.2) is 30.1 Å². The topological polar surface area (TPSA) is 58.2 Å². The molecular formula is C15H19F3N2O2S. The molecule has 8 heteroatoms. The number of hydrogen-bond donors (Lipinski definition) is 2. The number of rotatable bonds is 5. The number of nitrogens with one attached hydrogen (secondary N) is 2. The lowest BCUT2D eigenvalue weighted by atomic mass is 9.81. The van der Waals surface area contributed by atoms with Crippen molar-refractivity contribution >= 4 is 23.2 Å². The highest BCUT2D eigenvalue weighted by atomic mass is 32.1. The fourth-order valence-corrected chi connectivity index (χ4v) is 3.39. The van der Waals surface area contributed by atoms with Crippen LogP contribution >= 0.6 is 11.3 Å². The van der Waals surface area contributed by atoms with Crippen molar-refractivity contribution in [1.82, 2.24) is 10.6 Å². The number of hydrogen-bond acceptors (Lipinski definition) is 3. The van der Waals surface area contributed by atoms with E-state index in [0.717, 1.165) is 6.42 Å².